The summed E-state index contributed by atoms with van der Waals surface area (Å²) < 4.78 is 5.74. The molecule has 5 nitrogen and oxygen atoms in total. The van der Waals surface area contributed by atoms with E-state index in [0.29, 0.717) is 23.9 Å². The van der Waals surface area contributed by atoms with Crippen LogP contribution in [0.15, 0.2) is 48.7 Å². The first-order valence-corrected chi connectivity index (χ1v) is 8.49. The second kappa shape index (κ2) is 11.7. The number of piperidine rings is 1. The Balaban J connectivity index is 0.00000169. The summed E-state index contributed by atoms with van der Waals surface area (Å²) in [5.74, 6) is 1.84. The SMILES string of the molecule is Cl.Cl.O=C(NCCC1CCCNC1)c1cc(Oc2ccccc2)ccn1. The van der Waals surface area contributed by atoms with Gasteiger partial charge in [0.1, 0.15) is 17.2 Å². The molecule has 1 amide bonds. The molecule has 0 saturated carbocycles. The summed E-state index contributed by atoms with van der Waals surface area (Å²) in [6.07, 6.45) is 5.05. The normalized spacial score (nSPS) is 15.9. The van der Waals surface area contributed by atoms with Crippen molar-refractivity contribution in [2.45, 2.75) is 19.3 Å². The van der Waals surface area contributed by atoms with Gasteiger partial charge in [-0.25, -0.2) is 0 Å². The van der Waals surface area contributed by atoms with Gasteiger partial charge in [-0.15, -0.1) is 24.8 Å². The van der Waals surface area contributed by atoms with E-state index in [-0.39, 0.29) is 30.7 Å². The highest BCUT2D eigenvalue weighted by molar-refractivity contribution is 5.92. The number of pyridine rings is 1. The van der Waals surface area contributed by atoms with Crippen LogP contribution in [0.4, 0.5) is 0 Å². The van der Waals surface area contributed by atoms with Crippen molar-refractivity contribution < 1.29 is 9.53 Å². The van der Waals surface area contributed by atoms with E-state index in [2.05, 4.69) is 15.6 Å². The monoisotopic (exact) mass is 397 g/mol. The average Bonchev–Trinajstić information content (AvgIpc) is 2.64. The molecule has 2 aromatic rings. The second-order valence-corrected chi connectivity index (χ2v) is 6.05. The Morgan fingerprint density at radius 1 is 1.19 bits per heavy atom. The topological polar surface area (TPSA) is 63.2 Å². The fraction of sp³-hybridized carbons (Fsp3) is 0.368. The fourth-order valence-electron chi connectivity index (χ4n) is 2.87. The molecule has 2 heterocycles. The number of carbonyl (C=O) groups excluding carboxylic acids is 1. The molecule has 26 heavy (non-hydrogen) atoms. The highest BCUT2D eigenvalue weighted by Gasteiger charge is 2.14. The summed E-state index contributed by atoms with van der Waals surface area (Å²) in [7, 11) is 0. The molecule has 0 spiro atoms. The summed E-state index contributed by atoms with van der Waals surface area (Å²) in [6, 6.07) is 12.9. The number of aromatic nitrogens is 1. The Morgan fingerprint density at radius 3 is 2.73 bits per heavy atom. The first-order valence-electron chi connectivity index (χ1n) is 8.49. The number of benzene rings is 1. The standard InChI is InChI=1S/C19H23N3O2.2ClH/c23-19(22-11-8-15-5-4-10-20-14-15)18-13-17(9-12-21-18)24-16-6-2-1-3-7-16;;/h1-3,6-7,9,12-13,15,20H,4-5,8,10-11,14H2,(H,22,23);2*1H. The van der Waals surface area contributed by atoms with Crippen LogP contribution in [-0.4, -0.2) is 30.5 Å². The molecular formula is C19H25Cl2N3O2. The minimum absolute atomic E-state index is 0. The van der Waals surface area contributed by atoms with Gasteiger partial charge in [-0.05, 0) is 56.5 Å². The maximum absolute atomic E-state index is 12.2. The van der Waals surface area contributed by atoms with Crippen LogP contribution in [0.1, 0.15) is 29.8 Å². The summed E-state index contributed by atoms with van der Waals surface area (Å²) >= 11 is 0. The minimum Gasteiger partial charge on any atom is -0.457 e. The number of nitrogens with zero attached hydrogens (tertiary/aromatic N) is 1. The molecule has 3 rings (SSSR count). The van der Waals surface area contributed by atoms with Gasteiger partial charge in [0.2, 0.25) is 0 Å². The Kier molecular flexibility index (Phi) is 10.0. The van der Waals surface area contributed by atoms with E-state index in [0.717, 1.165) is 25.3 Å². The van der Waals surface area contributed by atoms with E-state index in [9.17, 15) is 4.79 Å². The van der Waals surface area contributed by atoms with Crippen LogP contribution in [0.25, 0.3) is 0 Å². The van der Waals surface area contributed by atoms with Crippen LogP contribution in [-0.2, 0) is 0 Å². The molecule has 1 aliphatic rings. The van der Waals surface area contributed by atoms with Gasteiger partial charge in [0.05, 0.1) is 0 Å². The van der Waals surface area contributed by atoms with Crippen LogP contribution >= 0.6 is 24.8 Å². The van der Waals surface area contributed by atoms with Gasteiger partial charge in [-0.2, -0.15) is 0 Å². The van der Waals surface area contributed by atoms with Gasteiger partial charge in [-0.1, -0.05) is 18.2 Å². The van der Waals surface area contributed by atoms with Gasteiger partial charge in [0, 0.05) is 18.8 Å². The minimum atomic E-state index is -0.155. The van der Waals surface area contributed by atoms with Crippen molar-refractivity contribution in [3.63, 3.8) is 0 Å². The third kappa shape index (κ3) is 6.83. The smallest absolute Gasteiger partial charge is 0.270 e. The molecule has 1 aliphatic heterocycles. The number of rotatable bonds is 6. The zero-order valence-electron chi connectivity index (χ0n) is 14.5. The predicted molar refractivity (Wildman–Crippen MR) is 108 cm³/mol. The molecule has 2 N–H and O–H groups in total. The van der Waals surface area contributed by atoms with Gasteiger partial charge in [-0.3, -0.25) is 9.78 Å². The van der Waals surface area contributed by atoms with E-state index < -0.39 is 0 Å². The summed E-state index contributed by atoms with van der Waals surface area (Å²) in [5.41, 5.74) is 0.380. The number of hydrogen-bond donors (Lipinski definition) is 2. The molecule has 1 fully saturated rings. The molecule has 0 bridgehead atoms. The zero-order valence-corrected chi connectivity index (χ0v) is 16.2. The number of amides is 1. The lowest BCUT2D eigenvalue weighted by Crippen LogP contribution is -2.33. The van der Waals surface area contributed by atoms with Crippen molar-refractivity contribution in [2.75, 3.05) is 19.6 Å². The number of nitrogens with one attached hydrogen (secondary N) is 2. The van der Waals surface area contributed by atoms with Crippen LogP contribution in [0.5, 0.6) is 11.5 Å². The first kappa shape index (κ1) is 22.2. The van der Waals surface area contributed by atoms with Crippen LogP contribution in [0.2, 0.25) is 0 Å². The first-order chi connectivity index (χ1) is 11.8. The number of halogens is 2. The fourth-order valence-corrected chi connectivity index (χ4v) is 2.87. The maximum Gasteiger partial charge on any atom is 0.270 e. The lowest BCUT2D eigenvalue weighted by Gasteiger charge is -2.22. The van der Waals surface area contributed by atoms with Gasteiger partial charge >= 0.3 is 0 Å². The number of para-hydroxylation sites is 1. The van der Waals surface area contributed by atoms with Crippen LogP contribution in [0.3, 0.4) is 0 Å². The third-order valence-corrected chi connectivity index (χ3v) is 4.18. The van der Waals surface area contributed by atoms with E-state index >= 15 is 0 Å². The van der Waals surface area contributed by atoms with Crippen LogP contribution in [0, 0.1) is 5.92 Å². The summed E-state index contributed by atoms with van der Waals surface area (Å²) in [5, 5.41) is 6.35. The van der Waals surface area contributed by atoms with E-state index in [1.165, 1.54) is 12.8 Å². The summed E-state index contributed by atoms with van der Waals surface area (Å²) in [4.78, 5) is 16.4. The maximum atomic E-state index is 12.2. The Morgan fingerprint density at radius 2 is 2.00 bits per heavy atom. The van der Waals surface area contributed by atoms with Crippen molar-refractivity contribution in [2.24, 2.45) is 5.92 Å². The van der Waals surface area contributed by atoms with Gasteiger partial charge in [0.25, 0.3) is 5.91 Å². The molecule has 142 valence electrons. The van der Waals surface area contributed by atoms with Crippen molar-refractivity contribution in [3.05, 3.63) is 54.4 Å². The predicted octanol–water partition coefficient (Wildman–Crippen LogP) is 3.84. The highest BCUT2D eigenvalue weighted by Crippen LogP contribution is 2.20. The lowest BCUT2D eigenvalue weighted by molar-refractivity contribution is 0.0945. The van der Waals surface area contributed by atoms with Gasteiger partial charge in [0.15, 0.2) is 0 Å². The lowest BCUT2D eigenvalue weighted by atomic mass is 9.96. The average molecular weight is 398 g/mol. The Bertz CT molecular complexity index is 665. The highest BCUT2D eigenvalue weighted by atomic mass is 35.5. The second-order valence-electron chi connectivity index (χ2n) is 6.05. The molecule has 0 radical (unpaired) electrons. The molecule has 1 aromatic heterocycles. The molecule has 7 heteroatoms. The van der Waals surface area contributed by atoms with Gasteiger partial charge < -0.3 is 15.4 Å². The molecule has 1 aromatic carbocycles. The zero-order chi connectivity index (χ0) is 16.6. The molecule has 0 aliphatic carbocycles. The molecule has 1 unspecified atom stereocenters. The van der Waals surface area contributed by atoms with Crippen LogP contribution < -0.4 is 15.4 Å². The molecule has 1 atom stereocenters. The third-order valence-electron chi connectivity index (χ3n) is 4.18. The van der Waals surface area contributed by atoms with E-state index in [1.54, 1.807) is 18.3 Å². The largest absolute Gasteiger partial charge is 0.457 e. The van der Waals surface area contributed by atoms with Crippen molar-refractivity contribution in [3.8, 4) is 11.5 Å². The Hall–Kier alpha value is -1.82. The number of ether oxygens (including phenoxy) is 1. The quantitative estimate of drug-likeness (QED) is 0.776. The summed E-state index contributed by atoms with van der Waals surface area (Å²) in [6.45, 7) is 2.84. The number of hydrogen-bond acceptors (Lipinski definition) is 4. The van der Waals surface area contributed by atoms with Crippen molar-refractivity contribution >= 4 is 30.7 Å². The molecular weight excluding hydrogens is 373 g/mol. The van der Waals surface area contributed by atoms with E-state index in [1.807, 2.05) is 30.3 Å². The number of carbonyl (C=O) groups is 1. The van der Waals surface area contributed by atoms with E-state index in [4.69, 9.17) is 4.74 Å². The Labute approximate surface area is 166 Å². The van der Waals surface area contributed by atoms with Crippen molar-refractivity contribution in [1.82, 2.24) is 15.6 Å². The molecule has 1 saturated heterocycles. The van der Waals surface area contributed by atoms with Crippen molar-refractivity contribution in [1.29, 1.82) is 0 Å².